The molecule has 7 rings (SSSR count). The minimum Gasteiger partial charge on any atom is -0.507 e. The summed E-state index contributed by atoms with van der Waals surface area (Å²) < 4.78 is 2.20. The highest BCUT2D eigenvalue weighted by Crippen LogP contribution is 2.37. The van der Waals surface area contributed by atoms with Gasteiger partial charge in [0, 0.05) is 33.8 Å². The van der Waals surface area contributed by atoms with Crippen molar-refractivity contribution in [2.75, 3.05) is 0 Å². The van der Waals surface area contributed by atoms with Gasteiger partial charge in [-0.05, 0) is 71.8 Å². The van der Waals surface area contributed by atoms with E-state index in [-0.39, 0.29) is 5.75 Å². The fourth-order valence-electron chi connectivity index (χ4n) is 5.14. The third kappa shape index (κ3) is 3.71. The third-order valence-electron chi connectivity index (χ3n) is 6.97. The van der Waals surface area contributed by atoms with E-state index in [4.69, 9.17) is 4.98 Å². The predicted octanol–water partition coefficient (Wildman–Crippen LogP) is 8.28. The quantitative estimate of drug-likeness (QED) is 0.271. The highest BCUT2D eigenvalue weighted by atomic mass is 16.3. The number of fused-ring (bicyclic) bond motifs is 3. The first-order chi connectivity index (χ1) is 18.8. The maximum atomic E-state index is 10.5. The molecule has 0 spiro atoms. The third-order valence-corrected chi connectivity index (χ3v) is 6.97. The summed E-state index contributed by atoms with van der Waals surface area (Å²) in [5, 5.41) is 12.7. The van der Waals surface area contributed by atoms with Crippen LogP contribution in [0.4, 0.5) is 0 Å². The highest BCUT2D eigenvalue weighted by molar-refractivity contribution is 6.09. The van der Waals surface area contributed by atoms with Crippen LogP contribution < -0.4 is 0 Å². The fourth-order valence-corrected chi connectivity index (χ4v) is 5.14. The van der Waals surface area contributed by atoms with Crippen molar-refractivity contribution < 1.29 is 5.11 Å². The number of phenolic OH excluding ortho intramolecular Hbond substituents is 1. The molecule has 38 heavy (non-hydrogen) atoms. The van der Waals surface area contributed by atoms with Crippen molar-refractivity contribution in [2.24, 2.45) is 0 Å². The van der Waals surface area contributed by atoms with Gasteiger partial charge in [-0.25, -0.2) is 4.98 Å². The van der Waals surface area contributed by atoms with Crippen LogP contribution in [0.25, 0.3) is 61.3 Å². The average molecular weight is 490 g/mol. The van der Waals surface area contributed by atoms with Crippen molar-refractivity contribution in [1.82, 2.24) is 14.5 Å². The largest absolute Gasteiger partial charge is 0.507 e. The van der Waals surface area contributed by atoms with Crippen molar-refractivity contribution in [3.63, 3.8) is 0 Å². The number of aromatic hydroxyl groups is 1. The lowest BCUT2D eigenvalue weighted by Gasteiger charge is -2.11. The second-order valence-electron chi connectivity index (χ2n) is 9.28. The van der Waals surface area contributed by atoms with Gasteiger partial charge in [0.05, 0.1) is 16.9 Å². The summed E-state index contributed by atoms with van der Waals surface area (Å²) in [5.74, 6) is 0.213. The molecule has 180 valence electrons. The number of rotatable bonds is 4. The monoisotopic (exact) mass is 489 g/mol. The van der Waals surface area contributed by atoms with Gasteiger partial charge in [-0.15, -0.1) is 0 Å². The van der Waals surface area contributed by atoms with Crippen LogP contribution in [0, 0.1) is 0 Å². The molecular weight excluding hydrogens is 466 g/mol. The van der Waals surface area contributed by atoms with Crippen LogP contribution >= 0.6 is 0 Å². The average Bonchev–Trinajstić information content (AvgIpc) is 3.31. The Labute approximate surface area is 220 Å². The lowest BCUT2D eigenvalue weighted by atomic mass is 10.0. The van der Waals surface area contributed by atoms with Crippen LogP contribution in [0.2, 0.25) is 0 Å². The Kier molecular flexibility index (Phi) is 5.22. The van der Waals surface area contributed by atoms with E-state index in [9.17, 15) is 5.11 Å². The molecule has 3 heterocycles. The fraction of sp³-hybridized carbons (Fsp3) is 0. The van der Waals surface area contributed by atoms with Gasteiger partial charge in [0.15, 0.2) is 0 Å². The van der Waals surface area contributed by atoms with Crippen LogP contribution in [-0.4, -0.2) is 19.6 Å². The molecule has 0 atom stereocenters. The summed E-state index contributed by atoms with van der Waals surface area (Å²) in [7, 11) is 0. The molecule has 0 saturated heterocycles. The standard InChI is InChI=1S/C34H23N3O/c38-33-15-5-4-13-28(33)31-18-17-27-29-22-24(23-9-2-1-3-10-23)16-19-32(29)37(34(27)36-31)26-12-8-11-25(21-26)30-14-6-7-20-35-30/h1-22,38H. The van der Waals surface area contributed by atoms with Crippen molar-refractivity contribution >= 4 is 21.9 Å². The molecule has 4 aromatic carbocycles. The van der Waals surface area contributed by atoms with E-state index < -0.39 is 0 Å². The van der Waals surface area contributed by atoms with Gasteiger partial charge < -0.3 is 5.11 Å². The number of para-hydroxylation sites is 1. The van der Waals surface area contributed by atoms with E-state index in [1.54, 1.807) is 6.07 Å². The van der Waals surface area contributed by atoms with E-state index in [0.29, 0.717) is 5.56 Å². The summed E-state index contributed by atoms with van der Waals surface area (Å²) in [4.78, 5) is 9.66. The Morgan fingerprint density at radius 1 is 0.553 bits per heavy atom. The molecule has 0 unspecified atom stereocenters. The van der Waals surface area contributed by atoms with E-state index in [1.165, 1.54) is 5.56 Å². The molecule has 0 fully saturated rings. The number of aromatic nitrogens is 3. The van der Waals surface area contributed by atoms with Crippen LogP contribution in [0.1, 0.15) is 0 Å². The van der Waals surface area contributed by atoms with Crippen LogP contribution in [0.15, 0.2) is 134 Å². The first-order valence-electron chi connectivity index (χ1n) is 12.6. The van der Waals surface area contributed by atoms with Crippen LogP contribution in [0.5, 0.6) is 5.75 Å². The number of benzene rings is 4. The van der Waals surface area contributed by atoms with E-state index in [2.05, 4.69) is 82.3 Å². The van der Waals surface area contributed by atoms with E-state index >= 15 is 0 Å². The number of hydrogen-bond acceptors (Lipinski definition) is 3. The minimum atomic E-state index is 0.213. The predicted molar refractivity (Wildman–Crippen MR) is 154 cm³/mol. The maximum Gasteiger partial charge on any atom is 0.146 e. The lowest BCUT2D eigenvalue weighted by molar-refractivity contribution is 0.477. The van der Waals surface area contributed by atoms with Crippen molar-refractivity contribution in [1.29, 1.82) is 0 Å². The van der Waals surface area contributed by atoms with Gasteiger partial charge in [-0.2, -0.15) is 0 Å². The van der Waals surface area contributed by atoms with Gasteiger partial charge in [0.2, 0.25) is 0 Å². The zero-order valence-electron chi connectivity index (χ0n) is 20.5. The molecule has 0 radical (unpaired) electrons. The maximum absolute atomic E-state index is 10.5. The van der Waals surface area contributed by atoms with Gasteiger partial charge in [0.1, 0.15) is 11.4 Å². The Bertz CT molecular complexity index is 1930. The van der Waals surface area contributed by atoms with Crippen LogP contribution in [0.3, 0.4) is 0 Å². The molecule has 4 heteroatoms. The van der Waals surface area contributed by atoms with E-state index in [0.717, 1.165) is 50.1 Å². The van der Waals surface area contributed by atoms with Crippen molar-refractivity contribution in [3.8, 4) is 45.1 Å². The molecule has 0 aliphatic rings. The Balaban J connectivity index is 1.51. The number of pyridine rings is 2. The molecule has 0 aliphatic carbocycles. The number of hydrogen-bond donors (Lipinski definition) is 1. The van der Waals surface area contributed by atoms with E-state index in [1.807, 2.05) is 54.7 Å². The number of phenols is 1. The van der Waals surface area contributed by atoms with Gasteiger partial charge in [0.25, 0.3) is 0 Å². The summed E-state index contributed by atoms with van der Waals surface area (Å²) in [6, 6.07) is 42.8. The zero-order chi connectivity index (χ0) is 25.5. The highest BCUT2D eigenvalue weighted by Gasteiger charge is 2.17. The molecule has 7 aromatic rings. The second-order valence-corrected chi connectivity index (χ2v) is 9.28. The molecule has 4 nitrogen and oxygen atoms in total. The molecule has 0 saturated carbocycles. The Hall–Kier alpha value is -5.22. The first-order valence-corrected chi connectivity index (χ1v) is 12.6. The summed E-state index contributed by atoms with van der Waals surface area (Å²) in [6.07, 6.45) is 1.81. The van der Waals surface area contributed by atoms with Crippen LogP contribution in [-0.2, 0) is 0 Å². The van der Waals surface area contributed by atoms with Gasteiger partial charge in [-0.3, -0.25) is 9.55 Å². The van der Waals surface area contributed by atoms with Gasteiger partial charge in [-0.1, -0.05) is 66.7 Å². The first kappa shape index (κ1) is 22.0. The van der Waals surface area contributed by atoms with Gasteiger partial charge >= 0.3 is 0 Å². The lowest BCUT2D eigenvalue weighted by Crippen LogP contribution is -1.97. The molecular formula is C34H23N3O. The summed E-state index contributed by atoms with van der Waals surface area (Å²) in [5.41, 5.74) is 8.63. The normalized spacial score (nSPS) is 11.3. The SMILES string of the molecule is Oc1ccccc1-c1ccc2c3cc(-c4ccccc4)ccc3n(-c3cccc(-c4ccccn4)c3)c2n1. The molecule has 0 amide bonds. The number of nitrogens with zero attached hydrogens (tertiary/aromatic N) is 3. The minimum absolute atomic E-state index is 0.213. The summed E-state index contributed by atoms with van der Waals surface area (Å²) in [6.45, 7) is 0. The molecule has 0 bridgehead atoms. The molecule has 1 N–H and O–H groups in total. The van der Waals surface area contributed by atoms with Crippen molar-refractivity contribution in [2.45, 2.75) is 0 Å². The zero-order valence-corrected chi connectivity index (χ0v) is 20.5. The Morgan fingerprint density at radius 3 is 2.21 bits per heavy atom. The molecule has 0 aliphatic heterocycles. The second kappa shape index (κ2) is 9.02. The smallest absolute Gasteiger partial charge is 0.146 e. The topological polar surface area (TPSA) is 50.9 Å². The molecule has 3 aromatic heterocycles. The Morgan fingerprint density at radius 2 is 1.37 bits per heavy atom. The van der Waals surface area contributed by atoms with Crippen molar-refractivity contribution in [3.05, 3.63) is 134 Å². The summed E-state index contributed by atoms with van der Waals surface area (Å²) >= 11 is 0.